The molecular weight excluding hydrogens is 621 g/mol. The SMILES string of the molecule is N[C@@H](C(=O)N(C(=O)COc1ccccc1[N+](=O)[O-])C1C(=O)N2C(C(=O)O)=C(CSc3nncs3)CS[C@H]12)c1ccccc1. The molecule has 1 saturated heterocycles. The first kappa shape index (κ1) is 30.1. The second-order valence-electron chi connectivity index (χ2n) is 9.11. The number of carbonyl (C=O) groups is 4. The van der Waals surface area contributed by atoms with Gasteiger partial charge in [-0.3, -0.25) is 34.3 Å². The summed E-state index contributed by atoms with van der Waals surface area (Å²) in [6.07, 6.45) is 0. The van der Waals surface area contributed by atoms with Crippen molar-refractivity contribution in [1.29, 1.82) is 0 Å². The highest BCUT2D eigenvalue weighted by atomic mass is 32.2. The second-order valence-corrected chi connectivity index (χ2v) is 12.3. The Bertz CT molecular complexity index is 1600. The number of imide groups is 1. The molecule has 1 fully saturated rings. The van der Waals surface area contributed by atoms with Gasteiger partial charge >= 0.3 is 11.7 Å². The molecule has 0 aliphatic carbocycles. The Morgan fingerprint density at radius 2 is 1.93 bits per heavy atom. The topological polar surface area (TPSA) is 199 Å². The maximum Gasteiger partial charge on any atom is 0.352 e. The highest BCUT2D eigenvalue weighted by Crippen LogP contribution is 2.44. The molecule has 3 amide bonds. The molecule has 43 heavy (non-hydrogen) atoms. The number of β-lactam (4-membered cyclic amide) rings is 1. The molecule has 0 radical (unpaired) electrons. The summed E-state index contributed by atoms with van der Waals surface area (Å²) in [5.41, 5.74) is 8.04. The van der Waals surface area contributed by atoms with Crippen LogP contribution in [0.25, 0.3) is 0 Å². The monoisotopic (exact) mass is 642 g/mol. The fourth-order valence-electron chi connectivity index (χ4n) is 4.56. The van der Waals surface area contributed by atoms with Crippen LogP contribution in [0.3, 0.4) is 0 Å². The number of hydrogen-bond acceptors (Lipinski definition) is 13. The van der Waals surface area contributed by atoms with E-state index in [0.29, 0.717) is 20.4 Å². The molecule has 3 atom stereocenters. The number of nitrogens with zero attached hydrogens (tertiary/aromatic N) is 5. The van der Waals surface area contributed by atoms with Crippen LogP contribution in [-0.2, 0) is 19.2 Å². The molecule has 5 rings (SSSR count). The highest BCUT2D eigenvalue weighted by molar-refractivity contribution is 8.01. The summed E-state index contributed by atoms with van der Waals surface area (Å²) in [7, 11) is 0. The Morgan fingerprint density at radius 1 is 1.21 bits per heavy atom. The van der Waals surface area contributed by atoms with Gasteiger partial charge in [-0.1, -0.05) is 65.6 Å². The van der Waals surface area contributed by atoms with Crippen molar-refractivity contribution in [3.63, 3.8) is 0 Å². The number of aliphatic carboxylic acids is 1. The Kier molecular flexibility index (Phi) is 9.05. The quantitative estimate of drug-likeness (QED) is 0.134. The first-order valence-corrected chi connectivity index (χ1v) is 15.4. The van der Waals surface area contributed by atoms with Gasteiger partial charge in [0, 0.05) is 17.6 Å². The largest absolute Gasteiger partial charge is 0.477 e. The number of aromatic nitrogens is 2. The van der Waals surface area contributed by atoms with Gasteiger partial charge in [0.05, 0.1) is 4.92 Å². The molecule has 3 N–H and O–H groups in total. The number of rotatable bonds is 11. The van der Waals surface area contributed by atoms with Crippen LogP contribution in [0, 0.1) is 10.1 Å². The van der Waals surface area contributed by atoms with E-state index in [0.717, 1.165) is 4.90 Å². The average molecular weight is 643 g/mol. The number of carbonyl (C=O) groups excluding carboxylic acids is 3. The summed E-state index contributed by atoms with van der Waals surface area (Å²) >= 11 is 3.78. The van der Waals surface area contributed by atoms with E-state index in [-0.39, 0.29) is 23.0 Å². The lowest BCUT2D eigenvalue weighted by atomic mass is 9.99. The van der Waals surface area contributed by atoms with Crippen molar-refractivity contribution < 1.29 is 33.9 Å². The van der Waals surface area contributed by atoms with Gasteiger partial charge in [0.25, 0.3) is 17.7 Å². The Labute approximate surface area is 256 Å². The summed E-state index contributed by atoms with van der Waals surface area (Å²) in [5.74, 6) is -3.72. The van der Waals surface area contributed by atoms with Crippen molar-refractivity contribution in [2.24, 2.45) is 5.73 Å². The number of para-hydroxylation sites is 2. The lowest BCUT2D eigenvalue weighted by Crippen LogP contribution is -2.73. The molecule has 1 aromatic heterocycles. The van der Waals surface area contributed by atoms with E-state index in [1.807, 2.05) is 0 Å². The molecule has 3 heterocycles. The molecule has 0 spiro atoms. The number of carboxylic acids is 1. The molecule has 222 valence electrons. The zero-order valence-electron chi connectivity index (χ0n) is 22.0. The Hall–Kier alpha value is -4.32. The molecule has 2 aromatic carbocycles. The van der Waals surface area contributed by atoms with E-state index in [9.17, 15) is 34.4 Å². The van der Waals surface area contributed by atoms with Crippen molar-refractivity contribution >= 4 is 64.2 Å². The van der Waals surface area contributed by atoms with Crippen LogP contribution in [0.1, 0.15) is 11.6 Å². The summed E-state index contributed by atoms with van der Waals surface area (Å²) in [6.45, 7) is -0.815. The van der Waals surface area contributed by atoms with Crippen LogP contribution in [0.2, 0.25) is 0 Å². The number of fused-ring (bicyclic) bond motifs is 1. The lowest BCUT2D eigenvalue weighted by molar-refractivity contribution is -0.385. The van der Waals surface area contributed by atoms with Crippen molar-refractivity contribution in [3.8, 4) is 5.75 Å². The van der Waals surface area contributed by atoms with Gasteiger partial charge in [-0.05, 0) is 17.2 Å². The van der Waals surface area contributed by atoms with Gasteiger partial charge in [-0.2, -0.15) is 0 Å². The van der Waals surface area contributed by atoms with E-state index in [1.165, 1.54) is 59.1 Å². The molecular formula is C26H22N6O8S3. The summed E-state index contributed by atoms with van der Waals surface area (Å²) in [5, 5.41) is 28.2. The van der Waals surface area contributed by atoms with Crippen molar-refractivity contribution in [3.05, 3.63) is 87.1 Å². The molecule has 14 nitrogen and oxygen atoms in total. The maximum absolute atomic E-state index is 13.7. The van der Waals surface area contributed by atoms with Crippen LogP contribution >= 0.6 is 34.9 Å². The van der Waals surface area contributed by atoms with Crippen LogP contribution in [-0.4, -0.2) is 83.2 Å². The molecule has 2 aliphatic heterocycles. The van der Waals surface area contributed by atoms with Crippen LogP contribution in [0.5, 0.6) is 5.75 Å². The molecule has 1 unspecified atom stereocenters. The highest BCUT2D eigenvalue weighted by Gasteiger charge is 2.58. The van der Waals surface area contributed by atoms with Gasteiger partial charge in [0.15, 0.2) is 16.7 Å². The smallest absolute Gasteiger partial charge is 0.352 e. The first-order chi connectivity index (χ1) is 20.7. The Balaban J connectivity index is 1.42. The fraction of sp³-hybridized carbons (Fsp3) is 0.231. The number of carboxylic acid groups (broad SMARTS) is 1. The van der Waals surface area contributed by atoms with E-state index >= 15 is 0 Å². The minimum Gasteiger partial charge on any atom is -0.477 e. The number of benzene rings is 2. The number of nitro groups is 1. The maximum atomic E-state index is 13.7. The molecule has 2 aliphatic rings. The van der Waals surface area contributed by atoms with E-state index in [2.05, 4.69) is 10.2 Å². The summed E-state index contributed by atoms with van der Waals surface area (Å²) < 4.78 is 6.07. The van der Waals surface area contributed by atoms with Crippen LogP contribution in [0.15, 0.2) is 75.7 Å². The second kappa shape index (κ2) is 12.9. The van der Waals surface area contributed by atoms with Gasteiger partial charge in [0.2, 0.25) is 0 Å². The van der Waals surface area contributed by atoms with Crippen LogP contribution in [0.4, 0.5) is 5.69 Å². The third kappa shape index (κ3) is 6.10. The normalized spacial score (nSPS) is 18.3. The molecule has 3 aromatic rings. The lowest BCUT2D eigenvalue weighted by Gasteiger charge is -2.52. The number of ether oxygens (including phenoxy) is 1. The molecule has 0 saturated carbocycles. The number of hydrogen-bond donors (Lipinski definition) is 2. The average Bonchev–Trinajstić information content (AvgIpc) is 3.54. The predicted octanol–water partition coefficient (Wildman–Crippen LogP) is 2.29. The van der Waals surface area contributed by atoms with Crippen molar-refractivity contribution in [2.45, 2.75) is 21.8 Å². The van der Waals surface area contributed by atoms with E-state index in [4.69, 9.17) is 10.5 Å². The van der Waals surface area contributed by atoms with Gasteiger partial charge in [0.1, 0.15) is 28.7 Å². The van der Waals surface area contributed by atoms with Gasteiger partial charge in [-0.15, -0.1) is 22.0 Å². The number of amides is 3. The molecule has 17 heteroatoms. The summed E-state index contributed by atoms with van der Waals surface area (Å²) in [6, 6.07) is 10.9. The third-order valence-electron chi connectivity index (χ3n) is 6.55. The minimum absolute atomic E-state index is 0.206. The predicted molar refractivity (Wildman–Crippen MR) is 156 cm³/mol. The van der Waals surface area contributed by atoms with Crippen LogP contribution < -0.4 is 10.5 Å². The summed E-state index contributed by atoms with van der Waals surface area (Å²) in [4.78, 5) is 65.7. The molecule has 0 bridgehead atoms. The minimum atomic E-state index is -1.37. The third-order valence-corrected chi connectivity index (χ3v) is 9.83. The number of thioether (sulfide) groups is 2. The standard InChI is InChI=1S/C26H22N6O8S3/c27-19(14-6-2-1-3-7-14)22(34)30(18(33)10-40-17-9-5-4-8-16(17)32(38)39)21-23(35)31-20(25(36)37)15(11-41-24(21)31)12-42-26-29-28-13-43-26/h1-9,13,19,21,24H,10-12,27H2,(H,36,37)/t19-,21?,24-/m1/s1. The Morgan fingerprint density at radius 3 is 2.60 bits per heavy atom. The van der Waals surface area contributed by atoms with Gasteiger partial charge in [-0.25, -0.2) is 4.79 Å². The van der Waals surface area contributed by atoms with Gasteiger partial charge < -0.3 is 15.6 Å². The zero-order valence-corrected chi connectivity index (χ0v) is 24.4. The number of nitrogens with two attached hydrogens (primary N) is 1. The fourth-order valence-corrected chi connectivity index (χ4v) is 7.58. The van der Waals surface area contributed by atoms with E-state index < -0.39 is 58.4 Å². The van der Waals surface area contributed by atoms with Crippen molar-refractivity contribution in [1.82, 2.24) is 20.0 Å². The zero-order chi connectivity index (χ0) is 30.7. The van der Waals surface area contributed by atoms with E-state index in [1.54, 1.807) is 35.8 Å². The van der Waals surface area contributed by atoms with Crippen molar-refractivity contribution in [2.75, 3.05) is 18.1 Å². The number of nitro benzene ring substituents is 1. The first-order valence-electron chi connectivity index (χ1n) is 12.5.